The molecule has 0 aromatic rings. The summed E-state index contributed by atoms with van der Waals surface area (Å²) >= 11 is 0. The van der Waals surface area contributed by atoms with Crippen LogP contribution >= 0.6 is 0 Å². The number of likely N-dealkylation sites (N-methyl/N-ethyl adjacent to an activating group) is 1. The van der Waals surface area contributed by atoms with Crippen molar-refractivity contribution in [1.82, 2.24) is 0 Å². The highest BCUT2D eigenvalue weighted by molar-refractivity contribution is 5.71. The number of aliphatic carboxylic acids is 1. The van der Waals surface area contributed by atoms with Crippen molar-refractivity contribution in [2.75, 3.05) is 47.5 Å². The summed E-state index contributed by atoms with van der Waals surface area (Å²) in [5, 5.41) is 9.77. The summed E-state index contributed by atoms with van der Waals surface area (Å²) in [6.07, 6.45) is 108. The van der Waals surface area contributed by atoms with Crippen molar-refractivity contribution in [2.24, 2.45) is 0 Å². The summed E-state index contributed by atoms with van der Waals surface area (Å²) in [6, 6.07) is 0. The molecule has 540 valence electrons. The maximum absolute atomic E-state index is 13.0. The average molecular weight is 1320 g/mol. The zero-order valence-electron chi connectivity index (χ0n) is 61.8. The Morgan fingerprint density at radius 1 is 0.326 bits per heavy atom. The molecule has 2 atom stereocenters. The van der Waals surface area contributed by atoms with Crippen LogP contribution in [0, 0.1) is 0 Å². The number of hydrogen-bond acceptors (Lipinski definition) is 7. The molecular formula is C86H144NO8+. The highest BCUT2D eigenvalue weighted by Gasteiger charge is 2.25. The molecule has 0 aromatic carbocycles. The Labute approximate surface area is 584 Å². The van der Waals surface area contributed by atoms with Crippen molar-refractivity contribution in [2.45, 2.75) is 322 Å². The number of carbonyl (C=O) groups is 3. The van der Waals surface area contributed by atoms with E-state index >= 15 is 0 Å². The molecule has 0 rings (SSSR count). The molecule has 0 radical (unpaired) electrons. The number of nitrogens with zero attached hydrogens (tertiary/aromatic N) is 1. The molecule has 9 nitrogen and oxygen atoms in total. The molecule has 1 N–H and O–H groups in total. The first kappa shape index (κ1) is 89.9. The van der Waals surface area contributed by atoms with Gasteiger partial charge in [-0.3, -0.25) is 9.59 Å². The summed E-state index contributed by atoms with van der Waals surface area (Å²) in [6.45, 7) is 4.74. The molecule has 0 aliphatic carbocycles. The molecule has 0 heterocycles. The first-order valence-corrected chi connectivity index (χ1v) is 38.6. The standard InChI is InChI=1S/C86H143NO8/c1-6-8-10-12-14-16-18-20-22-24-26-28-30-32-34-36-38-39-40-41-42-43-44-45-47-49-51-53-55-57-59-61-63-65-67-69-71-73-75-77-84(89)95-82(81-94-86(85(90)91)92-79-78-87(3,4)5)80-93-83(88)76-74-72-70-68-66-64-62-60-58-56-54-52-50-48-46-37-35-33-31-29-27-25-23-21-19-17-15-13-11-9-7-2/h8,10,14,16,19-22,25-28,32,34,38-39,41-42,44-45,49,51,55,57,61,63,82,86H,6-7,9,11-13,15,17-18,23-24,29-31,33,35-37,40,43,46-48,50,52-54,56,58-60,62,64-81H2,1-5H3/p+1/b10-8-,16-14-,21-19-,22-20-,27-25-,28-26-,34-32-,39-38-,42-41-,45-44-,51-49-,57-55-,63-61-. The topological polar surface area (TPSA) is 108 Å². The number of ether oxygens (including phenoxy) is 4. The van der Waals surface area contributed by atoms with Crippen LogP contribution in [0.15, 0.2) is 158 Å². The minimum atomic E-state index is -1.53. The lowest BCUT2D eigenvalue weighted by Gasteiger charge is -2.25. The van der Waals surface area contributed by atoms with E-state index < -0.39 is 24.3 Å². The van der Waals surface area contributed by atoms with Gasteiger partial charge in [0.25, 0.3) is 6.29 Å². The van der Waals surface area contributed by atoms with Gasteiger partial charge < -0.3 is 28.5 Å². The van der Waals surface area contributed by atoms with Crippen LogP contribution in [0.5, 0.6) is 0 Å². The number of carboxylic acid groups (broad SMARTS) is 1. The van der Waals surface area contributed by atoms with Crippen LogP contribution in [0.25, 0.3) is 0 Å². The van der Waals surface area contributed by atoms with E-state index in [0.717, 1.165) is 128 Å². The van der Waals surface area contributed by atoms with Gasteiger partial charge in [0.2, 0.25) is 0 Å². The highest BCUT2D eigenvalue weighted by atomic mass is 16.7. The molecule has 0 aliphatic heterocycles. The second kappa shape index (κ2) is 74.7. The van der Waals surface area contributed by atoms with Crippen molar-refractivity contribution in [3.05, 3.63) is 158 Å². The summed E-state index contributed by atoms with van der Waals surface area (Å²) in [7, 11) is 5.97. The predicted molar refractivity (Wildman–Crippen MR) is 410 cm³/mol. The first-order chi connectivity index (χ1) is 46.6. The van der Waals surface area contributed by atoms with E-state index in [1.807, 2.05) is 21.1 Å². The highest BCUT2D eigenvalue weighted by Crippen LogP contribution is 2.17. The van der Waals surface area contributed by atoms with Crippen LogP contribution in [0.2, 0.25) is 0 Å². The number of carboxylic acids is 1. The molecule has 9 heteroatoms. The normalized spacial score (nSPS) is 13.6. The summed E-state index contributed by atoms with van der Waals surface area (Å²) in [4.78, 5) is 37.7. The van der Waals surface area contributed by atoms with Gasteiger partial charge in [-0.2, -0.15) is 0 Å². The smallest absolute Gasteiger partial charge is 0.361 e. The fourth-order valence-electron chi connectivity index (χ4n) is 10.4. The number of rotatable bonds is 70. The second-order valence-corrected chi connectivity index (χ2v) is 26.6. The van der Waals surface area contributed by atoms with Crippen LogP contribution < -0.4 is 0 Å². The monoisotopic (exact) mass is 1320 g/mol. The third kappa shape index (κ3) is 76.1. The van der Waals surface area contributed by atoms with Gasteiger partial charge >= 0.3 is 17.9 Å². The number of quaternary nitrogens is 1. The van der Waals surface area contributed by atoms with Crippen molar-refractivity contribution >= 4 is 17.9 Å². The molecule has 0 fully saturated rings. The van der Waals surface area contributed by atoms with E-state index in [-0.39, 0.29) is 32.2 Å². The van der Waals surface area contributed by atoms with Crippen LogP contribution in [-0.2, 0) is 33.3 Å². The van der Waals surface area contributed by atoms with E-state index in [0.29, 0.717) is 23.9 Å². The SMILES string of the molecule is CC/C=C\C/C=C\C/C=C\C/C=C\C/C=C\C/C=C\C/C=C\C/C=C\C/C=C\C/C=C\C/C=C\CCCCCCCC(=O)OC(COC(=O)CCCCCCCCCCCCCCCCCCCCC/C=C\C/C=C\CCCCCCC)COC(OCC[N+](C)(C)C)C(=O)O. The van der Waals surface area contributed by atoms with Crippen LogP contribution in [-0.4, -0.2) is 87.4 Å². The Bertz CT molecular complexity index is 2130. The van der Waals surface area contributed by atoms with Crippen molar-refractivity contribution in [1.29, 1.82) is 0 Å². The van der Waals surface area contributed by atoms with Crippen LogP contribution in [0.1, 0.15) is 309 Å². The average Bonchev–Trinajstić information content (AvgIpc) is 2.92. The van der Waals surface area contributed by atoms with Gasteiger partial charge in [-0.1, -0.05) is 326 Å². The summed E-state index contributed by atoms with van der Waals surface area (Å²) in [5.41, 5.74) is 0. The minimum absolute atomic E-state index is 0.177. The first-order valence-electron chi connectivity index (χ1n) is 38.6. The zero-order chi connectivity index (χ0) is 69.0. The summed E-state index contributed by atoms with van der Waals surface area (Å²) < 4.78 is 23.0. The van der Waals surface area contributed by atoms with E-state index in [1.165, 1.54) is 148 Å². The van der Waals surface area contributed by atoms with Gasteiger partial charge in [0, 0.05) is 12.8 Å². The fraction of sp³-hybridized carbons (Fsp3) is 0.663. The third-order valence-corrected chi connectivity index (χ3v) is 16.3. The molecule has 0 aromatic heterocycles. The molecule has 0 aliphatic rings. The van der Waals surface area contributed by atoms with Crippen LogP contribution in [0.3, 0.4) is 0 Å². The molecule has 0 saturated heterocycles. The Hall–Kier alpha value is -5.09. The minimum Gasteiger partial charge on any atom is -0.477 e. The molecule has 95 heavy (non-hydrogen) atoms. The number of allylic oxidation sites excluding steroid dienone is 26. The summed E-state index contributed by atoms with van der Waals surface area (Å²) in [5.74, 6) is -2.03. The molecule has 2 unspecified atom stereocenters. The van der Waals surface area contributed by atoms with Crippen molar-refractivity contribution in [3.63, 3.8) is 0 Å². The number of carbonyl (C=O) groups excluding carboxylic acids is 2. The lowest BCUT2D eigenvalue weighted by atomic mass is 10.0. The van der Waals surface area contributed by atoms with Gasteiger partial charge in [0.1, 0.15) is 13.2 Å². The Balaban J connectivity index is 4.16. The van der Waals surface area contributed by atoms with E-state index in [9.17, 15) is 19.5 Å². The number of esters is 2. The van der Waals surface area contributed by atoms with Gasteiger partial charge in [0.15, 0.2) is 6.10 Å². The van der Waals surface area contributed by atoms with Crippen molar-refractivity contribution < 1.29 is 42.9 Å². The van der Waals surface area contributed by atoms with Gasteiger partial charge in [-0.25, -0.2) is 4.79 Å². The van der Waals surface area contributed by atoms with E-state index in [1.54, 1.807) is 0 Å². The zero-order valence-corrected chi connectivity index (χ0v) is 61.8. The quantitative estimate of drug-likeness (QED) is 0.0211. The van der Waals surface area contributed by atoms with E-state index in [4.69, 9.17) is 18.9 Å². The Morgan fingerprint density at radius 2 is 0.600 bits per heavy atom. The second-order valence-electron chi connectivity index (χ2n) is 26.6. The Morgan fingerprint density at radius 3 is 0.895 bits per heavy atom. The van der Waals surface area contributed by atoms with Crippen LogP contribution in [0.4, 0.5) is 0 Å². The Kier molecular flexibility index (Phi) is 70.7. The van der Waals surface area contributed by atoms with Crippen molar-refractivity contribution in [3.8, 4) is 0 Å². The number of hydrogen-bond donors (Lipinski definition) is 1. The predicted octanol–water partition coefficient (Wildman–Crippen LogP) is 24.8. The molecular weight excluding hydrogens is 1170 g/mol. The van der Waals surface area contributed by atoms with Gasteiger partial charge in [-0.15, -0.1) is 0 Å². The largest absolute Gasteiger partial charge is 0.477 e. The third-order valence-electron chi connectivity index (χ3n) is 16.3. The van der Waals surface area contributed by atoms with Gasteiger partial charge in [0.05, 0.1) is 34.4 Å². The lowest BCUT2D eigenvalue weighted by molar-refractivity contribution is -0.870. The van der Waals surface area contributed by atoms with Gasteiger partial charge in [-0.05, 0) is 128 Å². The fourth-order valence-corrected chi connectivity index (χ4v) is 10.4. The molecule has 0 spiro atoms. The lowest BCUT2D eigenvalue weighted by Crippen LogP contribution is -2.40. The maximum atomic E-state index is 13.0. The molecule has 0 amide bonds. The van der Waals surface area contributed by atoms with E-state index in [2.05, 4.69) is 172 Å². The molecule has 0 bridgehead atoms. The molecule has 0 saturated carbocycles. The number of unbranched alkanes of at least 4 members (excludes halogenated alkanes) is 29. The maximum Gasteiger partial charge on any atom is 0.361 e.